The molecule has 0 atom stereocenters. The van der Waals surface area contributed by atoms with Gasteiger partial charge in [-0.25, -0.2) is 13.1 Å². The molecule has 0 spiro atoms. The third-order valence-electron chi connectivity index (χ3n) is 4.25. The summed E-state index contributed by atoms with van der Waals surface area (Å²) in [5, 5.41) is 6.34. The van der Waals surface area contributed by atoms with Gasteiger partial charge in [0.2, 0.25) is 10.0 Å². The van der Waals surface area contributed by atoms with Gasteiger partial charge in [-0.3, -0.25) is 9.69 Å². The maximum atomic E-state index is 12.4. The number of benzene rings is 1. The highest BCUT2D eigenvalue weighted by atomic mass is 32.2. The summed E-state index contributed by atoms with van der Waals surface area (Å²) in [7, 11) is -3.56. The second-order valence-electron chi connectivity index (χ2n) is 6.20. The Morgan fingerprint density at radius 3 is 2.56 bits per heavy atom. The van der Waals surface area contributed by atoms with Crippen LogP contribution in [0.4, 0.5) is 5.69 Å². The Labute approximate surface area is 163 Å². The molecule has 0 saturated carbocycles. The van der Waals surface area contributed by atoms with Crippen molar-refractivity contribution in [2.24, 2.45) is 0 Å². The van der Waals surface area contributed by atoms with E-state index in [-0.39, 0.29) is 10.8 Å². The first-order chi connectivity index (χ1) is 13.0. The molecule has 1 aliphatic rings. The second kappa shape index (κ2) is 9.43. The molecule has 0 aliphatic carbocycles. The Morgan fingerprint density at radius 1 is 1.15 bits per heavy atom. The van der Waals surface area contributed by atoms with Crippen LogP contribution in [-0.4, -0.2) is 58.6 Å². The number of carbonyl (C=O) groups excluding carboxylic acids is 1. The molecule has 0 radical (unpaired) electrons. The van der Waals surface area contributed by atoms with Crippen LogP contribution in [0.15, 0.2) is 46.0 Å². The molecule has 1 saturated heterocycles. The zero-order valence-electron chi connectivity index (χ0n) is 14.9. The number of rotatable bonds is 8. The Kier molecular flexibility index (Phi) is 6.97. The van der Waals surface area contributed by atoms with Gasteiger partial charge in [-0.15, -0.1) is 0 Å². The molecule has 3 rings (SSSR count). The van der Waals surface area contributed by atoms with Gasteiger partial charge < -0.3 is 10.1 Å². The molecule has 0 bridgehead atoms. The molecule has 27 heavy (non-hydrogen) atoms. The van der Waals surface area contributed by atoms with Gasteiger partial charge in [-0.2, -0.15) is 11.3 Å². The minimum absolute atomic E-state index is 0.183. The molecule has 7 nitrogen and oxygen atoms in total. The van der Waals surface area contributed by atoms with E-state index in [0.29, 0.717) is 17.8 Å². The number of sulfonamides is 1. The van der Waals surface area contributed by atoms with Crippen LogP contribution in [0.5, 0.6) is 0 Å². The molecule has 1 aliphatic heterocycles. The molecule has 1 fully saturated rings. The highest BCUT2D eigenvalue weighted by molar-refractivity contribution is 7.89. The van der Waals surface area contributed by atoms with Crippen LogP contribution in [0.25, 0.3) is 0 Å². The van der Waals surface area contributed by atoms with Crippen LogP contribution in [0.1, 0.15) is 16.8 Å². The van der Waals surface area contributed by atoms with Crippen LogP contribution in [0.3, 0.4) is 0 Å². The highest BCUT2D eigenvalue weighted by Crippen LogP contribution is 2.16. The van der Waals surface area contributed by atoms with Crippen molar-refractivity contribution < 1.29 is 17.9 Å². The first-order valence-corrected chi connectivity index (χ1v) is 11.2. The number of morpholine rings is 1. The third-order valence-corrected chi connectivity index (χ3v) is 6.41. The summed E-state index contributed by atoms with van der Waals surface area (Å²) < 4.78 is 32.7. The molecular formula is C18H23N3O4S2. The van der Waals surface area contributed by atoms with Crippen molar-refractivity contribution in [1.82, 2.24) is 9.62 Å². The quantitative estimate of drug-likeness (QED) is 0.651. The van der Waals surface area contributed by atoms with E-state index in [9.17, 15) is 13.2 Å². The van der Waals surface area contributed by atoms with E-state index < -0.39 is 10.0 Å². The summed E-state index contributed by atoms with van der Waals surface area (Å²) in [4.78, 5) is 14.5. The molecule has 2 heterocycles. The first kappa shape index (κ1) is 20.0. The van der Waals surface area contributed by atoms with E-state index in [2.05, 4.69) is 14.9 Å². The van der Waals surface area contributed by atoms with Crippen LogP contribution < -0.4 is 10.0 Å². The Bertz CT molecular complexity index is 830. The van der Waals surface area contributed by atoms with E-state index in [1.54, 1.807) is 23.6 Å². The maximum Gasteiger partial charge on any atom is 0.256 e. The third kappa shape index (κ3) is 5.85. The van der Waals surface area contributed by atoms with Crippen molar-refractivity contribution in [2.45, 2.75) is 11.3 Å². The molecule has 2 aromatic rings. The fraction of sp³-hybridized carbons (Fsp3) is 0.389. The van der Waals surface area contributed by atoms with E-state index in [0.717, 1.165) is 39.3 Å². The predicted molar refractivity (Wildman–Crippen MR) is 106 cm³/mol. The van der Waals surface area contributed by atoms with Gasteiger partial charge in [-0.05, 0) is 48.7 Å². The lowest BCUT2D eigenvalue weighted by Crippen LogP contribution is -2.38. The smallest absolute Gasteiger partial charge is 0.256 e. The average molecular weight is 410 g/mol. The number of ether oxygens (including phenoxy) is 1. The lowest BCUT2D eigenvalue weighted by molar-refractivity contribution is 0.0376. The summed E-state index contributed by atoms with van der Waals surface area (Å²) in [6, 6.07) is 7.90. The van der Waals surface area contributed by atoms with Gasteiger partial charge in [-0.1, -0.05) is 0 Å². The molecule has 146 valence electrons. The number of carbonyl (C=O) groups is 1. The van der Waals surface area contributed by atoms with Crippen LogP contribution in [0, 0.1) is 0 Å². The number of hydrogen-bond acceptors (Lipinski definition) is 6. The van der Waals surface area contributed by atoms with Gasteiger partial charge in [0.15, 0.2) is 0 Å². The van der Waals surface area contributed by atoms with Crippen LogP contribution in [-0.2, 0) is 14.8 Å². The van der Waals surface area contributed by atoms with Gasteiger partial charge in [0, 0.05) is 30.7 Å². The summed E-state index contributed by atoms with van der Waals surface area (Å²) >= 11 is 1.45. The normalized spacial score (nSPS) is 15.6. The summed E-state index contributed by atoms with van der Waals surface area (Å²) in [6.45, 7) is 4.49. The van der Waals surface area contributed by atoms with Gasteiger partial charge in [0.1, 0.15) is 0 Å². The Hall–Kier alpha value is -1.78. The van der Waals surface area contributed by atoms with E-state index in [1.165, 1.54) is 23.5 Å². The van der Waals surface area contributed by atoms with Gasteiger partial charge >= 0.3 is 0 Å². The number of thiophene rings is 1. The topological polar surface area (TPSA) is 87.7 Å². The minimum atomic E-state index is -3.56. The number of anilines is 1. The highest BCUT2D eigenvalue weighted by Gasteiger charge is 2.15. The van der Waals surface area contributed by atoms with Crippen molar-refractivity contribution in [3.63, 3.8) is 0 Å². The van der Waals surface area contributed by atoms with Crippen molar-refractivity contribution in [2.75, 3.05) is 44.7 Å². The lowest BCUT2D eigenvalue weighted by atomic mass is 10.3. The second-order valence-corrected chi connectivity index (χ2v) is 8.74. The summed E-state index contributed by atoms with van der Waals surface area (Å²) in [6.07, 6.45) is 0.744. The zero-order valence-corrected chi connectivity index (χ0v) is 16.5. The molecular weight excluding hydrogens is 386 g/mol. The standard InChI is InChI=1S/C18H23N3O4S2/c22-18(15-6-13-26-14-15)20-16-2-4-17(5-3-16)27(23,24)19-7-1-8-21-9-11-25-12-10-21/h2-6,13-14,19H,1,7-12H2,(H,20,22). The molecule has 1 aromatic carbocycles. The summed E-state index contributed by atoms with van der Waals surface area (Å²) in [5.41, 5.74) is 1.14. The Balaban J connectivity index is 1.48. The van der Waals surface area contributed by atoms with Crippen LogP contribution in [0.2, 0.25) is 0 Å². The maximum absolute atomic E-state index is 12.4. The van der Waals surface area contributed by atoms with Crippen molar-refractivity contribution in [1.29, 1.82) is 0 Å². The fourth-order valence-corrected chi connectivity index (χ4v) is 4.44. The lowest BCUT2D eigenvalue weighted by Gasteiger charge is -2.26. The SMILES string of the molecule is O=C(Nc1ccc(S(=O)(=O)NCCCN2CCOCC2)cc1)c1ccsc1. The van der Waals surface area contributed by atoms with Crippen molar-refractivity contribution in [3.05, 3.63) is 46.7 Å². The molecule has 9 heteroatoms. The van der Waals surface area contributed by atoms with E-state index in [4.69, 9.17) is 4.74 Å². The number of amides is 1. The minimum Gasteiger partial charge on any atom is -0.379 e. The fourth-order valence-electron chi connectivity index (χ4n) is 2.73. The van der Waals surface area contributed by atoms with Crippen LogP contribution >= 0.6 is 11.3 Å². The number of hydrogen-bond donors (Lipinski definition) is 2. The number of nitrogens with one attached hydrogen (secondary N) is 2. The monoisotopic (exact) mass is 409 g/mol. The predicted octanol–water partition coefficient (Wildman–Crippen LogP) is 2.00. The van der Waals surface area contributed by atoms with Crippen molar-refractivity contribution >= 4 is 33.0 Å². The van der Waals surface area contributed by atoms with Crippen molar-refractivity contribution in [3.8, 4) is 0 Å². The molecule has 2 N–H and O–H groups in total. The average Bonchev–Trinajstić information content (AvgIpc) is 3.22. The number of nitrogens with zero attached hydrogens (tertiary/aromatic N) is 1. The first-order valence-electron chi connectivity index (χ1n) is 8.78. The van der Waals surface area contributed by atoms with E-state index >= 15 is 0 Å². The Morgan fingerprint density at radius 2 is 1.89 bits per heavy atom. The molecule has 1 aromatic heterocycles. The van der Waals surface area contributed by atoms with Gasteiger partial charge in [0.25, 0.3) is 5.91 Å². The zero-order chi connectivity index (χ0) is 19.1. The largest absolute Gasteiger partial charge is 0.379 e. The van der Waals surface area contributed by atoms with E-state index in [1.807, 2.05) is 5.38 Å². The molecule has 0 unspecified atom stereocenters. The van der Waals surface area contributed by atoms with Gasteiger partial charge in [0.05, 0.1) is 23.7 Å². The molecule has 1 amide bonds. The summed E-state index contributed by atoms with van der Waals surface area (Å²) in [5.74, 6) is -0.215.